The van der Waals surface area contributed by atoms with E-state index >= 15 is 0 Å². The van der Waals surface area contributed by atoms with Gasteiger partial charge >= 0.3 is 0 Å². The summed E-state index contributed by atoms with van der Waals surface area (Å²) in [5.41, 5.74) is 7.35. The van der Waals surface area contributed by atoms with Crippen molar-refractivity contribution in [1.29, 1.82) is 0 Å². The predicted molar refractivity (Wildman–Crippen MR) is 83.1 cm³/mol. The van der Waals surface area contributed by atoms with Crippen LogP contribution in [0, 0.1) is 0 Å². The lowest BCUT2D eigenvalue weighted by atomic mass is 9.96. The van der Waals surface area contributed by atoms with Gasteiger partial charge in [0, 0.05) is 12.1 Å². The molecule has 0 unspecified atom stereocenters. The molecular weight excluding hydrogens is 248 g/mol. The van der Waals surface area contributed by atoms with Gasteiger partial charge in [-0.3, -0.25) is 4.90 Å². The molecule has 1 heterocycles. The van der Waals surface area contributed by atoms with Crippen molar-refractivity contribution in [3.05, 3.63) is 42.0 Å². The standard InChI is InChI=1S/C17H22N2O/c1-20-16-9-8-13-6-2-3-7-14(13)17(16)15(12-18)19-10-4-5-11-19/h2-3,6-9,15H,4-5,10-12,18H2,1H3/t15-/m0/s1. The van der Waals surface area contributed by atoms with Gasteiger partial charge in [0.1, 0.15) is 5.75 Å². The van der Waals surface area contributed by atoms with E-state index in [1.807, 2.05) is 0 Å². The number of hydrogen-bond acceptors (Lipinski definition) is 3. The molecule has 1 saturated heterocycles. The number of benzene rings is 2. The highest BCUT2D eigenvalue weighted by Gasteiger charge is 2.26. The highest BCUT2D eigenvalue weighted by molar-refractivity contribution is 5.88. The molecule has 0 bridgehead atoms. The van der Waals surface area contributed by atoms with E-state index in [9.17, 15) is 0 Å². The Morgan fingerprint density at radius 2 is 1.90 bits per heavy atom. The van der Waals surface area contributed by atoms with Gasteiger partial charge in [-0.25, -0.2) is 0 Å². The molecule has 1 fully saturated rings. The molecule has 20 heavy (non-hydrogen) atoms. The minimum absolute atomic E-state index is 0.249. The van der Waals surface area contributed by atoms with Gasteiger partial charge < -0.3 is 10.5 Å². The minimum atomic E-state index is 0.249. The highest BCUT2D eigenvalue weighted by atomic mass is 16.5. The summed E-state index contributed by atoms with van der Waals surface area (Å²) in [6.45, 7) is 2.90. The maximum atomic E-state index is 6.10. The van der Waals surface area contributed by atoms with Crippen LogP contribution in [0.25, 0.3) is 10.8 Å². The quantitative estimate of drug-likeness (QED) is 0.928. The van der Waals surface area contributed by atoms with Crippen LogP contribution in [0.2, 0.25) is 0 Å². The number of ether oxygens (including phenoxy) is 1. The summed E-state index contributed by atoms with van der Waals surface area (Å²) in [5.74, 6) is 0.950. The fourth-order valence-electron chi connectivity index (χ4n) is 3.30. The summed E-state index contributed by atoms with van der Waals surface area (Å²) < 4.78 is 5.61. The van der Waals surface area contributed by atoms with Crippen molar-refractivity contribution in [2.45, 2.75) is 18.9 Å². The molecule has 1 atom stereocenters. The normalized spacial score (nSPS) is 17.5. The third kappa shape index (κ3) is 2.28. The van der Waals surface area contributed by atoms with Gasteiger partial charge in [-0.15, -0.1) is 0 Å². The Morgan fingerprint density at radius 3 is 2.60 bits per heavy atom. The first-order chi connectivity index (χ1) is 9.85. The molecule has 0 radical (unpaired) electrons. The average Bonchev–Trinajstić information content (AvgIpc) is 3.02. The second kappa shape index (κ2) is 5.81. The van der Waals surface area contributed by atoms with Crippen molar-refractivity contribution in [2.75, 3.05) is 26.7 Å². The van der Waals surface area contributed by atoms with E-state index in [1.165, 1.54) is 29.2 Å². The predicted octanol–water partition coefficient (Wildman–Crippen LogP) is 2.94. The van der Waals surface area contributed by atoms with Gasteiger partial charge in [-0.05, 0) is 42.8 Å². The molecule has 2 aromatic rings. The molecule has 3 rings (SSSR count). The SMILES string of the molecule is COc1ccc2ccccc2c1[C@H](CN)N1CCCC1. The number of rotatable bonds is 4. The van der Waals surface area contributed by atoms with E-state index in [0.29, 0.717) is 6.54 Å². The first-order valence-electron chi connectivity index (χ1n) is 7.35. The molecule has 0 spiro atoms. The van der Waals surface area contributed by atoms with Crippen molar-refractivity contribution >= 4 is 10.8 Å². The molecule has 1 aliphatic heterocycles. The van der Waals surface area contributed by atoms with Crippen molar-refractivity contribution < 1.29 is 4.74 Å². The van der Waals surface area contributed by atoms with E-state index in [1.54, 1.807) is 7.11 Å². The third-order valence-corrected chi connectivity index (χ3v) is 4.29. The van der Waals surface area contributed by atoms with Crippen molar-refractivity contribution in [3.63, 3.8) is 0 Å². The third-order valence-electron chi connectivity index (χ3n) is 4.29. The molecular formula is C17H22N2O. The zero-order valence-corrected chi connectivity index (χ0v) is 12.0. The minimum Gasteiger partial charge on any atom is -0.496 e. The zero-order valence-electron chi connectivity index (χ0n) is 12.0. The lowest BCUT2D eigenvalue weighted by Gasteiger charge is -2.29. The van der Waals surface area contributed by atoms with Crippen LogP contribution in [-0.2, 0) is 0 Å². The van der Waals surface area contributed by atoms with Crippen LogP contribution in [0.1, 0.15) is 24.4 Å². The number of nitrogens with zero attached hydrogens (tertiary/aromatic N) is 1. The van der Waals surface area contributed by atoms with Crippen LogP contribution in [-0.4, -0.2) is 31.6 Å². The van der Waals surface area contributed by atoms with Gasteiger partial charge in [0.25, 0.3) is 0 Å². The molecule has 0 saturated carbocycles. The summed E-state index contributed by atoms with van der Waals surface area (Å²) in [6.07, 6.45) is 2.53. The van der Waals surface area contributed by atoms with Gasteiger partial charge in [0.05, 0.1) is 13.2 Å². The van der Waals surface area contributed by atoms with Crippen LogP contribution in [0.4, 0.5) is 0 Å². The fraction of sp³-hybridized carbons (Fsp3) is 0.412. The molecule has 0 amide bonds. The molecule has 2 N–H and O–H groups in total. The van der Waals surface area contributed by atoms with Gasteiger partial charge in [0.15, 0.2) is 0 Å². The lowest BCUT2D eigenvalue weighted by Crippen LogP contribution is -2.31. The Morgan fingerprint density at radius 1 is 1.15 bits per heavy atom. The monoisotopic (exact) mass is 270 g/mol. The number of fused-ring (bicyclic) bond motifs is 1. The van der Waals surface area contributed by atoms with Crippen molar-refractivity contribution in [2.24, 2.45) is 5.73 Å². The lowest BCUT2D eigenvalue weighted by molar-refractivity contribution is 0.247. The number of likely N-dealkylation sites (tertiary alicyclic amines) is 1. The maximum absolute atomic E-state index is 6.10. The topological polar surface area (TPSA) is 38.5 Å². The zero-order chi connectivity index (χ0) is 13.9. The molecule has 3 heteroatoms. The van der Waals surface area contributed by atoms with Crippen LogP contribution in [0.5, 0.6) is 5.75 Å². The molecule has 0 aromatic heterocycles. The van der Waals surface area contributed by atoms with Gasteiger partial charge in [0.2, 0.25) is 0 Å². The smallest absolute Gasteiger partial charge is 0.124 e. The van der Waals surface area contributed by atoms with E-state index < -0.39 is 0 Å². The second-order valence-electron chi connectivity index (χ2n) is 5.40. The highest BCUT2D eigenvalue weighted by Crippen LogP contribution is 2.36. The summed E-state index contributed by atoms with van der Waals surface area (Å²) in [5, 5.41) is 2.51. The van der Waals surface area contributed by atoms with Crippen LogP contribution in [0.3, 0.4) is 0 Å². The molecule has 3 nitrogen and oxygen atoms in total. The number of hydrogen-bond donors (Lipinski definition) is 1. The summed E-state index contributed by atoms with van der Waals surface area (Å²) in [4.78, 5) is 2.49. The van der Waals surface area contributed by atoms with Gasteiger partial charge in [-0.2, -0.15) is 0 Å². The molecule has 0 aliphatic carbocycles. The molecule has 2 aromatic carbocycles. The Hall–Kier alpha value is -1.58. The first kappa shape index (κ1) is 13.4. The maximum Gasteiger partial charge on any atom is 0.124 e. The second-order valence-corrected chi connectivity index (χ2v) is 5.40. The van der Waals surface area contributed by atoms with Crippen LogP contribution in [0.15, 0.2) is 36.4 Å². The van der Waals surface area contributed by atoms with Crippen LogP contribution >= 0.6 is 0 Å². The molecule has 1 aliphatic rings. The van der Waals surface area contributed by atoms with E-state index in [4.69, 9.17) is 10.5 Å². The summed E-state index contributed by atoms with van der Waals surface area (Å²) >= 11 is 0. The Balaban J connectivity index is 2.15. The number of nitrogens with two attached hydrogens (primary N) is 1. The van der Waals surface area contributed by atoms with Crippen molar-refractivity contribution in [3.8, 4) is 5.75 Å². The number of methoxy groups -OCH3 is 1. The fourth-order valence-corrected chi connectivity index (χ4v) is 3.30. The van der Waals surface area contributed by atoms with Crippen LogP contribution < -0.4 is 10.5 Å². The van der Waals surface area contributed by atoms with E-state index in [-0.39, 0.29) is 6.04 Å². The van der Waals surface area contributed by atoms with Gasteiger partial charge in [-0.1, -0.05) is 30.3 Å². The van der Waals surface area contributed by atoms with E-state index in [0.717, 1.165) is 18.8 Å². The largest absolute Gasteiger partial charge is 0.496 e. The summed E-state index contributed by atoms with van der Waals surface area (Å²) in [7, 11) is 1.74. The Labute approximate surface area is 120 Å². The average molecular weight is 270 g/mol. The van der Waals surface area contributed by atoms with Crippen molar-refractivity contribution in [1.82, 2.24) is 4.90 Å². The van der Waals surface area contributed by atoms with E-state index in [2.05, 4.69) is 41.3 Å². The summed E-state index contributed by atoms with van der Waals surface area (Å²) in [6, 6.07) is 12.9. The first-order valence-corrected chi connectivity index (χ1v) is 7.35. The molecule has 106 valence electrons. The Kier molecular flexibility index (Phi) is 3.90. The Bertz CT molecular complexity index is 591.